The second kappa shape index (κ2) is 5.34. The summed E-state index contributed by atoms with van der Waals surface area (Å²) in [5, 5.41) is 2.83. The van der Waals surface area contributed by atoms with E-state index in [9.17, 15) is 4.79 Å². The van der Waals surface area contributed by atoms with Gasteiger partial charge in [0.15, 0.2) is 11.5 Å². The number of hydrogen-bond acceptors (Lipinski definition) is 4. The molecule has 0 atom stereocenters. The number of nitrogen functional groups attached to an aromatic ring is 1. The molecule has 0 aliphatic heterocycles. The van der Waals surface area contributed by atoms with Crippen LogP contribution < -0.4 is 11.1 Å². The topological polar surface area (TPSA) is 85.3 Å². The van der Waals surface area contributed by atoms with Crippen molar-refractivity contribution in [1.82, 2.24) is 14.4 Å². The van der Waals surface area contributed by atoms with Gasteiger partial charge in [-0.05, 0) is 31.2 Å². The summed E-state index contributed by atoms with van der Waals surface area (Å²) in [6.07, 6.45) is 1.66. The Kier molecular flexibility index (Phi) is 3.16. The maximum Gasteiger partial charge on any atom is 0.275 e. The molecule has 0 spiro atoms. The third kappa shape index (κ3) is 2.34. The van der Waals surface area contributed by atoms with Gasteiger partial charge in [0.2, 0.25) is 0 Å². The first kappa shape index (κ1) is 14.2. The Morgan fingerprint density at radius 1 is 1.08 bits per heavy atom. The number of amides is 1. The molecule has 118 valence electrons. The van der Waals surface area contributed by atoms with Crippen LogP contribution in [0.25, 0.3) is 16.7 Å². The molecule has 0 aliphatic carbocycles. The summed E-state index contributed by atoms with van der Waals surface area (Å²) in [7, 11) is 0. The largest absolute Gasteiger partial charge is 0.381 e. The Labute approximate surface area is 138 Å². The zero-order chi connectivity index (χ0) is 16.7. The Balaban J connectivity index is 1.77. The fourth-order valence-electron chi connectivity index (χ4n) is 2.63. The van der Waals surface area contributed by atoms with Crippen molar-refractivity contribution >= 4 is 34.1 Å². The van der Waals surface area contributed by atoms with Gasteiger partial charge in [0, 0.05) is 11.9 Å². The van der Waals surface area contributed by atoms with E-state index in [1.807, 2.05) is 55.5 Å². The number of aromatic nitrogens is 3. The van der Waals surface area contributed by atoms with Gasteiger partial charge in [0.05, 0.1) is 11.0 Å². The van der Waals surface area contributed by atoms with E-state index in [-0.39, 0.29) is 17.4 Å². The van der Waals surface area contributed by atoms with Gasteiger partial charge >= 0.3 is 0 Å². The van der Waals surface area contributed by atoms with Gasteiger partial charge in [-0.2, -0.15) is 0 Å². The number of nitrogens with one attached hydrogen (secondary N) is 1. The van der Waals surface area contributed by atoms with Crippen molar-refractivity contribution in [3.05, 3.63) is 66.0 Å². The molecule has 0 bridgehead atoms. The minimum absolute atomic E-state index is 0.225. The summed E-state index contributed by atoms with van der Waals surface area (Å²) in [5.74, 6) is -0.0898. The van der Waals surface area contributed by atoms with Crippen LogP contribution in [0.15, 0.2) is 54.7 Å². The molecule has 4 rings (SSSR count). The second-order valence-corrected chi connectivity index (χ2v) is 5.63. The van der Waals surface area contributed by atoms with Crippen LogP contribution in [0.2, 0.25) is 0 Å². The molecule has 3 N–H and O–H groups in total. The molecule has 0 unspecified atom stereocenters. The molecule has 2 aromatic carbocycles. The molecule has 1 amide bonds. The smallest absolute Gasteiger partial charge is 0.275 e. The molecule has 0 fully saturated rings. The Hall–Kier alpha value is -3.41. The highest BCUT2D eigenvalue weighted by Crippen LogP contribution is 2.20. The average molecular weight is 317 g/mol. The highest BCUT2D eigenvalue weighted by Gasteiger charge is 2.14. The molecule has 6 nitrogen and oxygen atoms in total. The first-order valence-corrected chi connectivity index (χ1v) is 7.53. The number of aryl methyl sites for hydroxylation is 1. The molecular formula is C18H15N5O. The third-order valence-corrected chi connectivity index (χ3v) is 3.86. The molecule has 2 heterocycles. The van der Waals surface area contributed by atoms with Crippen molar-refractivity contribution in [2.45, 2.75) is 6.92 Å². The summed E-state index contributed by atoms with van der Waals surface area (Å²) < 4.78 is 1.79. The minimum Gasteiger partial charge on any atom is -0.381 e. The molecule has 6 heteroatoms. The van der Waals surface area contributed by atoms with Crippen LogP contribution in [-0.4, -0.2) is 20.3 Å². The van der Waals surface area contributed by atoms with Crippen LogP contribution in [0.3, 0.4) is 0 Å². The normalized spacial score (nSPS) is 11.0. The van der Waals surface area contributed by atoms with Gasteiger partial charge in [0.1, 0.15) is 5.69 Å². The number of imidazole rings is 1. The van der Waals surface area contributed by atoms with Gasteiger partial charge in [-0.15, -0.1) is 0 Å². The lowest BCUT2D eigenvalue weighted by Crippen LogP contribution is -2.15. The Morgan fingerprint density at radius 3 is 2.62 bits per heavy atom. The van der Waals surface area contributed by atoms with E-state index in [4.69, 9.17) is 5.73 Å². The average Bonchev–Trinajstić information content (AvgIpc) is 2.96. The quantitative estimate of drug-likeness (QED) is 0.595. The van der Waals surface area contributed by atoms with Gasteiger partial charge in [0.25, 0.3) is 5.91 Å². The van der Waals surface area contributed by atoms with Crippen molar-refractivity contribution in [3.8, 4) is 0 Å². The number of nitrogens with two attached hydrogens (primary N) is 1. The van der Waals surface area contributed by atoms with Gasteiger partial charge in [-0.3, -0.25) is 9.20 Å². The molecule has 0 radical (unpaired) electrons. The van der Waals surface area contributed by atoms with E-state index in [1.165, 1.54) is 0 Å². The number of hydrogen-bond donors (Lipinski definition) is 2. The number of fused-ring (bicyclic) bond motifs is 3. The Bertz CT molecular complexity index is 1070. The fourth-order valence-corrected chi connectivity index (χ4v) is 2.63. The van der Waals surface area contributed by atoms with Crippen LogP contribution in [0.5, 0.6) is 0 Å². The lowest BCUT2D eigenvalue weighted by molar-refractivity contribution is 0.102. The standard InChI is InChI=1S/C18H15N5O/c1-11-6-8-12(9-7-11)20-18(24)14-10-23-15-5-3-2-4-13(15)22-17(23)16(19)21-14/h2-10H,1H3,(H2,19,21)(H,20,24). The van der Waals surface area contributed by atoms with E-state index in [1.54, 1.807) is 10.6 Å². The van der Waals surface area contributed by atoms with Crippen molar-refractivity contribution in [1.29, 1.82) is 0 Å². The molecular weight excluding hydrogens is 302 g/mol. The number of carbonyl (C=O) groups excluding carboxylic acids is 1. The summed E-state index contributed by atoms with van der Waals surface area (Å²) in [6.45, 7) is 1.99. The summed E-state index contributed by atoms with van der Waals surface area (Å²) in [6, 6.07) is 15.2. The third-order valence-electron chi connectivity index (χ3n) is 3.86. The highest BCUT2D eigenvalue weighted by molar-refractivity contribution is 6.03. The van der Waals surface area contributed by atoms with E-state index in [0.29, 0.717) is 11.3 Å². The molecule has 24 heavy (non-hydrogen) atoms. The SMILES string of the molecule is Cc1ccc(NC(=O)c2cn3c(nc4ccccc43)c(N)n2)cc1. The van der Waals surface area contributed by atoms with Crippen LogP contribution in [0.4, 0.5) is 11.5 Å². The summed E-state index contributed by atoms with van der Waals surface area (Å²) in [4.78, 5) is 21.1. The second-order valence-electron chi connectivity index (χ2n) is 5.63. The van der Waals surface area contributed by atoms with Crippen LogP contribution in [0, 0.1) is 6.92 Å². The van der Waals surface area contributed by atoms with E-state index >= 15 is 0 Å². The van der Waals surface area contributed by atoms with E-state index in [0.717, 1.165) is 16.6 Å². The van der Waals surface area contributed by atoms with Crippen LogP contribution in [-0.2, 0) is 0 Å². The first-order valence-electron chi connectivity index (χ1n) is 7.53. The molecule has 0 aliphatic rings. The maximum atomic E-state index is 12.5. The van der Waals surface area contributed by atoms with Gasteiger partial charge in [-0.1, -0.05) is 29.8 Å². The first-order chi connectivity index (χ1) is 11.6. The number of para-hydroxylation sites is 2. The predicted molar refractivity (Wildman–Crippen MR) is 94.0 cm³/mol. The molecule has 4 aromatic rings. The molecule has 2 aromatic heterocycles. The maximum absolute atomic E-state index is 12.5. The van der Waals surface area contributed by atoms with Crippen molar-refractivity contribution in [2.75, 3.05) is 11.1 Å². The van der Waals surface area contributed by atoms with Crippen LogP contribution in [0.1, 0.15) is 16.1 Å². The van der Waals surface area contributed by atoms with Crippen molar-refractivity contribution in [2.24, 2.45) is 0 Å². The number of benzene rings is 2. The van der Waals surface area contributed by atoms with E-state index in [2.05, 4.69) is 15.3 Å². The van der Waals surface area contributed by atoms with E-state index < -0.39 is 0 Å². The number of rotatable bonds is 2. The number of anilines is 2. The zero-order valence-electron chi connectivity index (χ0n) is 13.0. The van der Waals surface area contributed by atoms with Crippen LogP contribution >= 0.6 is 0 Å². The fraction of sp³-hybridized carbons (Fsp3) is 0.0556. The monoisotopic (exact) mass is 317 g/mol. The summed E-state index contributed by atoms with van der Waals surface area (Å²) in [5.41, 5.74) is 10.3. The summed E-state index contributed by atoms with van der Waals surface area (Å²) >= 11 is 0. The predicted octanol–water partition coefficient (Wildman–Crippen LogP) is 3.03. The lowest BCUT2D eigenvalue weighted by atomic mass is 10.2. The number of nitrogens with zero attached hydrogens (tertiary/aromatic N) is 3. The zero-order valence-corrected chi connectivity index (χ0v) is 13.0. The highest BCUT2D eigenvalue weighted by atomic mass is 16.1. The lowest BCUT2D eigenvalue weighted by Gasteiger charge is -2.07. The van der Waals surface area contributed by atoms with Crippen molar-refractivity contribution in [3.63, 3.8) is 0 Å². The van der Waals surface area contributed by atoms with Gasteiger partial charge in [-0.25, -0.2) is 9.97 Å². The Morgan fingerprint density at radius 2 is 1.83 bits per heavy atom. The molecule has 0 saturated heterocycles. The molecule has 0 saturated carbocycles. The van der Waals surface area contributed by atoms with Crippen molar-refractivity contribution < 1.29 is 4.79 Å². The minimum atomic E-state index is -0.315. The van der Waals surface area contributed by atoms with Gasteiger partial charge < -0.3 is 11.1 Å². The number of carbonyl (C=O) groups is 1.